The van der Waals surface area contributed by atoms with Gasteiger partial charge in [-0.3, -0.25) is 9.59 Å². The van der Waals surface area contributed by atoms with E-state index >= 15 is 0 Å². The molecule has 0 unspecified atom stereocenters. The van der Waals surface area contributed by atoms with Gasteiger partial charge in [-0.1, -0.05) is 30.3 Å². The van der Waals surface area contributed by atoms with Crippen LogP contribution in [0.15, 0.2) is 35.1 Å². The Labute approximate surface area is 190 Å². The normalized spacial score (nSPS) is 20.6. The maximum atomic E-state index is 12.5. The molecule has 2 aromatic heterocycles. The first kappa shape index (κ1) is 20.8. The Balaban J connectivity index is 1.10. The number of nitrogens with one attached hydrogen (secondary N) is 2. The fourth-order valence-electron chi connectivity index (χ4n) is 4.92. The van der Waals surface area contributed by atoms with E-state index < -0.39 is 0 Å². The van der Waals surface area contributed by atoms with Crippen molar-refractivity contribution in [2.24, 2.45) is 0 Å². The molecule has 1 aromatic carbocycles. The van der Waals surface area contributed by atoms with E-state index in [2.05, 4.69) is 45.6 Å². The molecule has 2 heterocycles. The molecule has 0 atom stereocenters. The summed E-state index contributed by atoms with van der Waals surface area (Å²) in [5.74, 6) is 2.29. The number of carbonyl (C=O) groups is 1. The second-order valence-electron chi connectivity index (χ2n) is 8.57. The van der Waals surface area contributed by atoms with Crippen molar-refractivity contribution in [1.82, 2.24) is 15.3 Å². The highest BCUT2D eigenvalue weighted by atomic mass is 32.2. The van der Waals surface area contributed by atoms with Gasteiger partial charge in [-0.25, -0.2) is 4.98 Å². The maximum absolute atomic E-state index is 12.5. The van der Waals surface area contributed by atoms with Crippen LogP contribution in [0.1, 0.15) is 59.9 Å². The number of rotatable bonds is 6. The summed E-state index contributed by atoms with van der Waals surface area (Å²) in [6, 6.07) is 11.0. The van der Waals surface area contributed by atoms with Crippen molar-refractivity contribution < 1.29 is 4.79 Å². The highest BCUT2D eigenvalue weighted by Gasteiger charge is 2.24. The molecule has 1 amide bonds. The predicted octanol–water partition coefficient (Wildman–Crippen LogP) is 4.55. The summed E-state index contributed by atoms with van der Waals surface area (Å²) >= 11 is 3.16. The number of hydrogen-bond acceptors (Lipinski definition) is 5. The zero-order chi connectivity index (χ0) is 21.2. The van der Waals surface area contributed by atoms with E-state index in [0.29, 0.717) is 23.2 Å². The van der Waals surface area contributed by atoms with Gasteiger partial charge >= 0.3 is 0 Å². The van der Waals surface area contributed by atoms with Crippen LogP contribution in [0.2, 0.25) is 0 Å². The van der Waals surface area contributed by atoms with Gasteiger partial charge in [0.1, 0.15) is 10.7 Å². The lowest BCUT2D eigenvalue weighted by Gasteiger charge is -2.29. The lowest BCUT2D eigenvalue weighted by Crippen LogP contribution is -2.38. The van der Waals surface area contributed by atoms with E-state index in [1.54, 1.807) is 11.3 Å². The number of aryl methyl sites for hydroxylation is 2. The van der Waals surface area contributed by atoms with Crippen LogP contribution >= 0.6 is 23.1 Å². The number of thioether (sulfide) groups is 1. The van der Waals surface area contributed by atoms with Gasteiger partial charge in [0.05, 0.1) is 16.9 Å². The second kappa shape index (κ2) is 9.17. The summed E-state index contributed by atoms with van der Waals surface area (Å²) in [5.41, 5.74) is 2.59. The van der Waals surface area contributed by atoms with Crippen LogP contribution in [-0.4, -0.2) is 27.7 Å². The molecule has 2 aliphatic carbocycles. The molecule has 7 heteroatoms. The molecule has 162 valence electrons. The van der Waals surface area contributed by atoms with Crippen molar-refractivity contribution in [3.05, 3.63) is 62.5 Å². The van der Waals surface area contributed by atoms with Gasteiger partial charge in [0.25, 0.3) is 5.56 Å². The molecule has 0 saturated heterocycles. The van der Waals surface area contributed by atoms with Gasteiger partial charge in [0.15, 0.2) is 0 Å². The topological polar surface area (TPSA) is 74.8 Å². The van der Waals surface area contributed by atoms with Crippen LogP contribution < -0.4 is 10.9 Å². The van der Waals surface area contributed by atoms with Crippen LogP contribution in [0.5, 0.6) is 0 Å². The SMILES string of the molecule is O=C(CSCc1nc2sc3c(c2c(=O)[nH]1)CCC3)NC1CCC(c2ccccc2)CC1. The minimum absolute atomic E-state index is 0.0281. The molecule has 3 aromatic rings. The summed E-state index contributed by atoms with van der Waals surface area (Å²) in [5, 5.41) is 3.98. The Morgan fingerprint density at radius 1 is 1.16 bits per heavy atom. The van der Waals surface area contributed by atoms with Crippen LogP contribution in [0.25, 0.3) is 10.2 Å². The Bertz CT molecular complexity index is 1130. The minimum Gasteiger partial charge on any atom is -0.353 e. The van der Waals surface area contributed by atoms with Crippen LogP contribution in [-0.2, 0) is 23.4 Å². The lowest BCUT2D eigenvalue weighted by atomic mass is 9.82. The van der Waals surface area contributed by atoms with E-state index in [9.17, 15) is 9.59 Å². The van der Waals surface area contributed by atoms with Gasteiger partial charge in [0.2, 0.25) is 5.91 Å². The van der Waals surface area contributed by atoms with Gasteiger partial charge in [-0.05, 0) is 62.0 Å². The number of carbonyl (C=O) groups excluding carboxylic acids is 1. The predicted molar refractivity (Wildman–Crippen MR) is 128 cm³/mol. The molecule has 2 N–H and O–H groups in total. The zero-order valence-corrected chi connectivity index (χ0v) is 19.1. The number of amides is 1. The van der Waals surface area contributed by atoms with E-state index in [1.807, 2.05) is 0 Å². The molecule has 31 heavy (non-hydrogen) atoms. The monoisotopic (exact) mass is 453 g/mol. The van der Waals surface area contributed by atoms with Crippen LogP contribution in [0, 0.1) is 0 Å². The first-order valence-corrected chi connectivity index (χ1v) is 13.1. The molecule has 1 saturated carbocycles. The molecular weight excluding hydrogens is 426 g/mol. The van der Waals surface area contributed by atoms with Crippen molar-refractivity contribution in [1.29, 1.82) is 0 Å². The van der Waals surface area contributed by atoms with Crippen LogP contribution in [0.3, 0.4) is 0 Å². The van der Waals surface area contributed by atoms with E-state index in [0.717, 1.165) is 55.2 Å². The smallest absolute Gasteiger partial charge is 0.259 e. The Morgan fingerprint density at radius 2 is 1.97 bits per heavy atom. The maximum Gasteiger partial charge on any atom is 0.259 e. The largest absolute Gasteiger partial charge is 0.353 e. The molecule has 2 aliphatic rings. The Morgan fingerprint density at radius 3 is 2.77 bits per heavy atom. The molecule has 5 nitrogen and oxygen atoms in total. The van der Waals surface area contributed by atoms with Gasteiger partial charge < -0.3 is 10.3 Å². The Kier molecular flexibility index (Phi) is 6.14. The minimum atomic E-state index is -0.0281. The quantitative estimate of drug-likeness (QED) is 0.574. The summed E-state index contributed by atoms with van der Waals surface area (Å²) in [6.45, 7) is 0. The third kappa shape index (κ3) is 4.58. The number of nitrogens with zero attached hydrogens (tertiary/aromatic N) is 1. The fraction of sp³-hybridized carbons (Fsp3) is 0.458. The highest BCUT2D eigenvalue weighted by Crippen LogP contribution is 2.35. The molecule has 5 rings (SSSR count). The zero-order valence-electron chi connectivity index (χ0n) is 17.5. The summed E-state index contributed by atoms with van der Waals surface area (Å²) in [7, 11) is 0. The molecule has 0 radical (unpaired) electrons. The van der Waals surface area contributed by atoms with Crippen molar-refractivity contribution >= 4 is 39.2 Å². The van der Waals surface area contributed by atoms with Crippen molar-refractivity contribution in [3.63, 3.8) is 0 Å². The van der Waals surface area contributed by atoms with E-state index in [1.165, 1.54) is 27.8 Å². The summed E-state index contributed by atoms with van der Waals surface area (Å²) in [4.78, 5) is 34.7. The molecule has 1 fully saturated rings. The highest BCUT2D eigenvalue weighted by molar-refractivity contribution is 7.99. The number of benzene rings is 1. The van der Waals surface area contributed by atoms with Gasteiger partial charge in [0, 0.05) is 10.9 Å². The van der Waals surface area contributed by atoms with Gasteiger partial charge in [-0.2, -0.15) is 0 Å². The molecule has 0 spiro atoms. The van der Waals surface area contributed by atoms with Gasteiger partial charge in [-0.15, -0.1) is 23.1 Å². The number of aromatic nitrogens is 2. The molecule has 0 aliphatic heterocycles. The van der Waals surface area contributed by atoms with E-state index in [4.69, 9.17) is 0 Å². The summed E-state index contributed by atoms with van der Waals surface area (Å²) < 4.78 is 0. The standard InChI is InChI=1S/C24H27N3O2S2/c28-21(25-17-11-9-16(10-12-17)15-5-2-1-3-6-15)14-30-13-20-26-23(29)22-18-7-4-8-19(18)31-24(22)27-20/h1-3,5-6,16-17H,4,7-14H2,(H,25,28)(H,26,27,29). The number of fused-ring (bicyclic) bond motifs is 3. The fourth-order valence-corrected chi connectivity index (χ4v) is 6.90. The molecular formula is C24H27N3O2S2. The van der Waals surface area contributed by atoms with Crippen molar-refractivity contribution in [2.45, 2.75) is 62.7 Å². The number of aromatic amines is 1. The third-order valence-electron chi connectivity index (χ3n) is 6.46. The van der Waals surface area contributed by atoms with E-state index in [-0.39, 0.29) is 17.5 Å². The van der Waals surface area contributed by atoms with Crippen molar-refractivity contribution in [2.75, 3.05) is 5.75 Å². The number of thiophene rings is 1. The second-order valence-corrected chi connectivity index (χ2v) is 10.6. The lowest BCUT2D eigenvalue weighted by molar-refractivity contribution is -0.119. The average Bonchev–Trinajstić information content (AvgIpc) is 3.36. The average molecular weight is 454 g/mol. The first-order chi connectivity index (χ1) is 15.2. The first-order valence-electron chi connectivity index (χ1n) is 11.1. The summed E-state index contributed by atoms with van der Waals surface area (Å²) in [6.07, 6.45) is 7.50. The third-order valence-corrected chi connectivity index (χ3v) is 8.59. The molecule has 0 bridgehead atoms. The Hall–Kier alpha value is -2.12. The van der Waals surface area contributed by atoms with Crippen molar-refractivity contribution in [3.8, 4) is 0 Å². The number of H-pyrrole nitrogens is 1. The van der Waals surface area contributed by atoms with Crippen LogP contribution in [0.4, 0.5) is 0 Å². The number of hydrogen-bond donors (Lipinski definition) is 2.